The van der Waals surface area contributed by atoms with Crippen LogP contribution in [0, 0.1) is 19.8 Å². The highest BCUT2D eigenvalue weighted by Crippen LogP contribution is 2.39. The first kappa shape index (κ1) is 21.5. The highest BCUT2D eigenvalue weighted by Gasteiger charge is 2.41. The van der Waals surface area contributed by atoms with Crippen LogP contribution in [0.25, 0.3) is 0 Å². The number of carbonyl (C=O) groups excluding carboxylic acids is 2. The Morgan fingerprint density at radius 2 is 1.97 bits per heavy atom. The van der Waals surface area contributed by atoms with Crippen molar-refractivity contribution in [3.05, 3.63) is 47.1 Å². The van der Waals surface area contributed by atoms with Gasteiger partial charge in [-0.1, -0.05) is 5.16 Å². The number of aromatic nitrogens is 2. The van der Waals surface area contributed by atoms with Crippen LogP contribution in [0.4, 0.5) is 0 Å². The quantitative estimate of drug-likeness (QED) is 0.790. The molecule has 2 amide bonds. The molecule has 0 aromatic carbocycles. The average Bonchev–Trinajstić information content (AvgIpc) is 3.12. The molecule has 2 aliphatic heterocycles. The summed E-state index contributed by atoms with van der Waals surface area (Å²) in [5.74, 6) is 1.02. The molecular weight excluding hydrogens is 396 g/mol. The smallest absolute Gasteiger partial charge is 0.259 e. The Labute approximate surface area is 182 Å². The third-order valence-corrected chi connectivity index (χ3v) is 6.58. The maximum absolute atomic E-state index is 12.9. The minimum absolute atomic E-state index is 0.00251. The van der Waals surface area contributed by atoms with E-state index in [-0.39, 0.29) is 17.4 Å². The van der Waals surface area contributed by atoms with Crippen LogP contribution >= 0.6 is 0 Å². The first-order chi connectivity index (χ1) is 15.0. The molecule has 4 heterocycles. The second-order valence-corrected chi connectivity index (χ2v) is 8.66. The van der Waals surface area contributed by atoms with Crippen molar-refractivity contribution in [3.8, 4) is 0 Å². The Bertz CT molecular complexity index is 899. The molecule has 2 fully saturated rings. The number of likely N-dealkylation sites (tertiary alicyclic amines) is 1. The van der Waals surface area contributed by atoms with Crippen LogP contribution in [-0.4, -0.2) is 58.7 Å². The van der Waals surface area contributed by atoms with Crippen molar-refractivity contribution in [2.45, 2.75) is 51.6 Å². The lowest BCUT2D eigenvalue weighted by atomic mass is 9.78. The maximum atomic E-state index is 12.9. The van der Waals surface area contributed by atoms with E-state index in [9.17, 15) is 9.59 Å². The maximum Gasteiger partial charge on any atom is 0.259 e. The van der Waals surface area contributed by atoms with E-state index in [1.165, 1.54) is 0 Å². The number of rotatable bonds is 5. The number of amides is 2. The predicted octanol–water partition coefficient (Wildman–Crippen LogP) is 2.91. The zero-order valence-corrected chi connectivity index (χ0v) is 18.2. The van der Waals surface area contributed by atoms with Crippen molar-refractivity contribution in [2.75, 3.05) is 26.2 Å². The molecule has 0 aliphatic carbocycles. The molecule has 4 rings (SSSR count). The Balaban J connectivity index is 1.27. The molecule has 8 heteroatoms. The highest BCUT2D eigenvalue weighted by atomic mass is 16.5. The fraction of sp³-hybridized carbons (Fsp3) is 0.565. The third kappa shape index (κ3) is 4.79. The lowest BCUT2D eigenvalue weighted by Gasteiger charge is -2.46. The molecule has 166 valence electrons. The summed E-state index contributed by atoms with van der Waals surface area (Å²) in [4.78, 5) is 30.9. The van der Waals surface area contributed by atoms with Gasteiger partial charge in [-0.25, -0.2) is 0 Å². The van der Waals surface area contributed by atoms with Gasteiger partial charge in [0.25, 0.3) is 11.8 Å². The van der Waals surface area contributed by atoms with Gasteiger partial charge in [0, 0.05) is 44.2 Å². The van der Waals surface area contributed by atoms with Gasteiger partial charge in [0.1, 0.15) is 11.3 Å². The number of nitrogens with one attached hydrogen (secondary N) is 1. The predicted molar refractivity (Wildman–Crippen MR) is 114 cm³/mol. The minimum Gasteiger partial charge on any atom is -0.375 e. The van der Waals surface area contributed by atoms with Gasteiger partial charge in [-0.05, 0) is 64.0 Å². The van der Waals surface area contributed by atoms with Crippen LogP contribution < -0.4 is 5.32 Å². The molecule has 1 spiro atoms. The van der Waals surface area contributed by atoms with E-state index in [1.807, 2.05) is 4.90 Å². The van der Waals surface area contributed by atoms with E-state index in [0.717, 1.165) is 38.7 Å². The molecule has 2 aromatic heterocycles. The first-order valence-corrected chi connectivity index (χ1v) is 11.0. The second kappa shape index (κ2) is 9.18. The van der Waals surface area contributed by atoms with Crippen LogP contribution in [0.2, 0.25) is 0 Å². The molecule has 0 bridgehead atoms. The Kier molecular flexibility index (Phi) is 6.36. The number of hydrogen-bond acceptors (Lipinski definition) is 6. The van der Waals surface area contributed by atoms with E-state index in [0.29, 0.717) is 48.1 Å². The molecule has 1 unspecified atom stereocenters. The second-order valence-electron chi connectivity index (χ2n) is 8.66. The van der Waals surface area contributed by atoms with E-state index < -0.39 is 0 Å². The van der Waals surface area contributed by atoms with E-state index in [1.54, 1.807) is 38.4 Å². The van der Waals surface area contributed by atoms with Crippen LogP contribution in [0.15, 0.2) is 29.0 Å². The Hall–Kier alpha value is -2.74. The molecule has 31 heavy (non-hydrogen) atoms. The van der Waals surface area contributed by atoms with Gasteiger partial charge in [-0.15, -0.1) is 0 Å². The number of hydrogen-bond donors (Lipinski definition) is 1. The normalized spacial score (nSPS) is 20.6. The summed E-state index contributed by atoms with van der Waals surface area (Å²) in [6, 6.07) is 3.44. The van der Waals surface area contributed by atoms with E-state index in [4.69, 9.17) is 9.26 Å². The van der Waals surface area contributed by atoms with Crippen LogP contribution in [-0.2, 0) is 4.74 Å². The van der Waals surface area contributed by atoms with Crippen molar-refractivity contribution in [1.29, 1.82) is 0 Å². The summed E-state index contributed by atoms with van der Waals surface area (Å²) in [5, 5.41) is 6.92. The lowest BCUT2D eigenvalue weighted by molar-refractivity contribution is -0.124. The third-order valence-electron chi connectivity index (χ3n) is 6.58. The van der Waals surface area contributed by atoms with E-state index in [2.05, 4.69) is 15.5 Å². The van der Waals surface area contributed by atoms with Crippen LogP contribution in [0.1, 0.15) is 64.3 Å². The first-order valence-electron chi connectivity index (χ1n) is 11.0. The molecule has 8 nitrogen and oxygen atoms in total. The summed E-state index contributed by atoms with van der Waals surface area (Å²) in [6.07, 6.45) is 7.84. The van der Waals surface area contributed by atoms with Crippen molar-refractivity contribution < 1.29 is 18.8 Å². The molecule has 1 atom stereocenters. The van der Waals surface area contributed by atoms with Crippen LogP contribution in [0.5, 0.6) is 0 Å². The summed E-state index contributed by atoms with van der Waals surface area (Å²) >= 11 is 0. The molecule has 1 N–H and O–H groups in total. The Morgan fingerprint density at radius 3 is 2.65 bits per heavy atom. The average molecular weight is 427 g/mol. The number of piperidine rings is 1. The monoisotopic (exact) mass is 426 g/mol. The van der Waals surface area contributed by atoms with Crippen molar-refractivity contribution >= 4 is 11.8 Å². The number of aryl methyl sites for hydroxylation is 2. The van der Waals surface area contributed by atoms with Gasteiger partial charge in [-0.2, -0.15) is 0 Å². The minimum atomic E-state index is -0.159. The zero-order chi connectivity index (χ0) is 21.8. The summed E-state index contributed by atoms with van der Waals surface area (Å²) < 4.78 is 11.4. The van der Waals surface area contributed by atoms with Gasteiger partial charge in [0.05, 0.1) is 11.3 Å². The van der Waals surface area contributed by atoms with Gasteiger partial charge < -0.3 is 19.5 Å². The zero-order valence-electron chi connectivity index (χ0n) is 18.2. The number of ether oxygens (including phenoxy) is 1. The topological polar surface area (TPSA) is 97.6 Å². The molecule has 2 aliphatic rings. The number of carbonyl (C=O) groups is 2. The largest absolute Gasteiger partial charge is 0.375 e. The highest BCUT2D eigenvalue weighted by molar-refractivity contribution is 5.96. The fourth-order valence-electron chi connectivity index (χ4n) is 4.78. The molecule has 2 aromatic rings. The van der Waals surface area contributed by atoms with Gasteiger partial charge >= 0.3 is 0 Å². The Morgan fingerprint density at radius 1 is 1.23 bits per heavy atom. The SMILES string of the molecule is Cc1noc(C)c1C(=O)N1CCC2(CC1)CC(CCNC(=O)c1ccncc1)CCO2. The number of pyridine rings is 1. The van der Waals surface area contributed by atoms with Crippen molar-refractivity contribution in [2.24, 2.45) is 5.92 Å². The molecule has 0 saturated carbocycles. The molecule has 0 radical (unpaired) electrons. The van der Waals surface area contributed by atoms with Gasteiger partial charge in [0.15, 0.2) is 0 Å². The summed E-state index contributed by atoms with van der Waals surface area (Å²) in [5.41, 5.74) is 1.70. The van der Waals surface area contributed by atoms with E-state index >= 15 is 0 Å². The lowest BCUT2D eigenvalue weighted by Crippen LogP contribution is -2.51. The summed E-state index contributed by atoms with van der Waals surface area (Å²) in [7, 11) is 0. The van der Waals surface area contributed by atoms with Crippen LogP contribution in [0.3, 0.4) is 0 Å². The standard InChI is InChI=1S/C23H30N4O4/c1-16-20(17(2)31-26-16)22(29)27-12-7-23(8-13-27)15-18(6-14-30-23)3-11-25-21(28)19-4-9-24-10-5-19/h4-5,9-10,18H,3,6-8,11-15H2,1-2H3,(H,25,28). The number of nitrogens with zero attached hydrogens (tertiary/aromatic N) is 3. The summed E-state index contributed by atoms with van der Waals surface area (Å²) in [6.45, 7) is 6.32. The van der Waals surface area contributed by atoms with Gasteiger partial charge in [-0.3, -0.25) is 14.6 Å². The fourth-order valence-corrected chi connectivity index (χ4v) is 4.78. The molecule has 2 saturated heterocycles. The van der Waals surface area contributed by atoms with Gasteiger partial charge in [0.2, 0.25) is 0 Å². The van der Waals surface area contributed by atoms with Crippen molar-refractivity contribution in [1.82, 2.24) is 20.4 Å². The molecular formula is C23H30N4O4. The van der Waals surface area contributed by atoms with Crippen molar-refractivity contribution in [3.63, 3.8) is 0 Å².